The minimum Gasteiger partial charge on any atom is -0.492 e. The standard InChI is InChI=1S/C19H25NO3S/c1-3-5-17-8-10-19(11-9-17)23-13-12-20-24(21,22)15-18-7-4-6-16(2)14-18/h4,6-11,14,20H,3,5,12-13,15H2,1-2H3. The molecule has 0 unspecified atom stereocenters. The molecule has 0 aliphatic heterocycles. The topological polar surface area (TPSA) is 55.4 Å². The number of ether oxygens (including phenoxy) is 1. The fourth-order valence-electron chi connectivity index (χ4n) is 2.48. The van der Waals surface area contributed by atoms with E-state index in [1.54, 1.807) is 0 Å². The van der Waals surface area contributed by atoms with Crippen LogP contribution in [0.25, 0.3) is 0 Å². The zero-order valence-corrected chi connectivity index (χ0v) is 15.1. The average Bonchev–Trinajstić information content (AvgIpc) is 2.53. The highest BCUT2D eigenvalue weighted by Gasteiger charge is 2.11. The van der Waals surface area contributed by atoms with Crippen LogP contribution >= 0.6 is 0 Å². The lowest BCUT2D eigenvalue weighted by Gasteiger charge is -2.09. The number of hydrogen-bond donors (Lipinski definition) is 1. The van der Waals surface area contributed by atoms with Gasteiger partial charge in [-0.05, 0) is 36.6 Å². The van der Waals surface area contributed by atoms with Crippen LogP contribution in [0, 0.1) is 6.92 Å². The minimum atomic E-state index is -3.35. The normalized spacial score (nSPS) is 11.4. The Kier molecular flexibility index (Phi) is 6.82. The predicted octanol–water partition coefficient (Wildman–Crippen LogP) is 3.45. The van der Waals surface area contributed by atoms with E-state index in [1.165, 1.54) is 5.56 Å². The van der Waals surface area contributed by atoms with Gasteiger partial charge in [-0.15, -0.1) is 0 Å². The lowest BCUT2D eigenvalue weighted by molar-refractivity contribution is 0.322. The monoisotopic (exact) mass is 347 g/mol. The van der Waals surface area contributed by atoms with E-state index in [2.05, 4.69) is 11.6 Å². The van der Waals surface area contributed by atoms with Crippen molar-refractivity contribution in [3.63, 3.8) is 0 Å². The molecule has 0 atom stereocenters. The molecule has 2 rings (SSSR count). The Morgan fingerprint density at radius 2 is 1.79 bits per heavy atom. The number of nitrogens with one attached hydrogen (secondary N) is 1. The maximum atomic E-state index is 12.1. The molecular formula is C19H25NO3S. The molecule has 0 amide bonds. The van der Waals surface area contributed by atoms with Crippen LogP contribution in [-0.2, 0) is 22.2 Å². The van der Waals surface area contributed by atoms with E-state index in [0.717, 1.165) is 29.7 Å². The van der Waals surface area contributed by atoms with Crippen LogP contribution in [0.5, 0.6) is 5.75 Å². The van der Waals surface area contributed by atoms with E-state index in [4.69, 9.17) is 4.74 Å². The van der Waals surface area contributed by atoms with Gasteiger partial charge in [-0.2, -0.15) is 0 Å². The van der Waals surface area contributed by atoms with E-state index in [9.17, 15) is 8.42 Å². The first-order chi connectivity index (χ1) is 11.5. The summed E-state index contributed by atoms with van der Waals surface area (Å²) in [6.45, 7) is 4.65. The first-order valence-corrected chi connectivity index (χ1v) is 9.88. The maximum Gasteiger partial charge on any atom is 0.215 e. The smallest absolute Gasteiger partial charge is 0.215 e. The second-order valence-corrected chi connectivity index (χ2v) is 7.69. The summed E-state index contributed by atoms with van der Waals surface area (Å²) in [5.74, 6) is 0.744. The van der Waals surface area contributed by atoms with Crippen LogP contribution in [0.1, 0.15) is 30.0 Å². The Hall–Kier alpha value is -1.85. The van der Waals surface area contributed by atoms with Crippen LogP contribution in [0.4, 0.5) is 0 Å². The number of sulfonamides is 1. The van der Waals surface area contributed by atoms with E-state index >= 15 is 0 Å². The molecule has 0 spiro atoms. The highest BCUT2D eigenvalue weighted by Crippen LogP contribution is 2.13. The number of rotatable bonds is 9. The van der Waals surface area contributed by atoms with Crippen molar-refractivity contribution in [1.82, 2.24) is 4.72 Å². The van der Waals surface area contributed by atoms with Crippen molar-refractivity contribution < 1.29 is 13.2 Å². The van der Waals surface area contributed by atoms with Gasteiger partial charge in [0, 0.05) is 6.54 Å². The van der Waals surface area contributed by atoms with Gasteiger partial charge in [0.1, 0.15) is 12.4 Å². The van der Waals surface area contributed by atoms with Crippen molar-refractivity contribution >= 4 is 10.0 Å². The van der Waals surface area contributed by atoms with Crippen molar-refractivity contribution in [1.29, 1.82) is 0 Å². The zero-order valence-electron chi connectivity index (χ0n) is 14.3. The number of benzene rings is 2. The zero-order chi connectivity index (χ0) is 17.4. The van der Waals surface area contributed by atoms with Gasteiger partial charge in [0.05, 0.1) is 5.75 Å². The predicted molar refractivity (Wildman–Crippen MR) is 97.7 cm³/mol. The van der Waals surface area contributed by atoms with Crippen LogP contribution in [0.2, 0.25) is 0 Å². The van der Waals surface area contributed by atoms with Gasteiger partial charge in [-0.1, -0.05) is 55.3 Å². The molecule has 5 heteroatoms. The molecule has 0 radical (unpaired) electrons. The van der Waals surface area contributed by atoms with E-state index in [1.807, 2.05) is 55.5 Å². The molecule has 2 aromatic rings. The van der Waals surface area contributed by atoms with E-state index in [-0.39, 0.29) is 12.3 Å². The lowest BCUT2D eigenvalue weighted by Crippen LogP contribution is -2.29. The second-order valence-electron chi connectivity index (χ2n) is 5.88. The van der Waals surface area contributed by atoms with Crippen molar-refractivity contribution in [2.24, 2.45) is 0 Å². The largest absolute Gasteiger partial charge is 0.492 e. The van der Waals surface area contributed by atoms with Gasteiger partial charge in [0.15, 0.2) is 0 Å². The highest BCUT2D eigenvalue weighted by molar-refractivity contribution is 7.88. The summed E-state index contributed by atoms with van der Waals surface area (Å²) in [5, 5.41) is 0. The molecule has 0 saturated heterocycles. The van der Waals surface area contributed by atoms with Gasteiger partial charge < -0.3 is 4.74 Å². The summed E-state index contributed by atoms with van der Waals surface area (Å²) in [5.41, 5.74) is 3.12. The Morgan fingerprint density at radius 1 is 1.04 bits per heavy atom. The van der Waals surface area contributed by atoms with Gasteiger partial charge >= 0.3 is 0 Å². The van der Waals surface area contributed by atoms with Gasteiger partial charge in [-0.25, -0.2) is 13.1 Å². The van der Waals surface area contributed by atoms with Crippen molar-refractivity contribution in [2.75, 3.05) is 13.2 Å². The van der Waals surface area contributed by atoms with Crippen molar-refractivity contribution in [3.05, 3.63) is 65.2 Å². The van der Waals surface area contributed by atoms with Crippen molar-refractivity contribution in [3.8, 4) is 5.75 Å². The SMILES string of the molecule is CCCc1ccc(OCCNS(=O)(=O)Cc2cccc(C)c2)cc1. The second kappa shape index (κ2) is 8.85. The summed E-state index contributed by atoms with van der Waals surface area (Å²) >= 11 is 0. The Morgan fingerprint density at radius 3 is 2.46 bits per heavy atom. The quantitative estimate of drug-likeness (QED) is 0.707. The maximum absolute atomic E-state index is 12.1. The van der Waals surface area contributed by atoms with Crippen LogP contribution in [0.3, 0.4) is 0 Å². The molecule has 4 nitrogen and oxygen atoms in total. The fraction of sp³-hybridized carbons (Fsp3) is 0.368. The first kappa shape index (κ1) is 18.5. The van der Waals surface area contributed by atoms with Gasteiger partial charge in [0.2, 0.25) is 10.0 Å². The van der Waals surface area contributed by atoms with Crippen LogP contribution in [0.15, 0.2) is 48.5 Å². The minimum absolute atomic E-state index is 0.0135. The third-order valence-electron chi connectivity index (χ3n) is 3.59. The molecule has 0 saturated carbocycles. The lowest BCUT2D eigenvalue weighted by atomic mass is 10.1. The molecule has 0 aliphatic carbocycles. The highest BCUT2D eigenvalue weighted by atomic mass is 32.2. The Bertz CT molecular complexity index is 739. The first-order valence-electron chi connectivity index (χ1n) is 8.23. The van der Waals surface area contributed by atoms with Crippen molar-refractivity contribution in [2.45, 2.75) is 32.4 Å². The Balaban J connectivity index is 1.76. The molecular weight excluding hydrogens is 322 g/mol. The molecule has 0 aromatic heterocycles. The summed E-state index contributed by atoms with van der Waals surface area (Å²) < 4.78 is 32.3. The molecule has 24 heavy (non-hydrogen) atoms. The van der Waals surface area contributed by atoms with E-state index in [0.29, 0.717) is 6.61 Å². The number of hydrogen-bond acceptors (Lipinski definition) is 3. The summed E-state index contributed by atoms with van der Waals surface area (Å²) in [7, 11) is -3.35. The molecule has 0 fully saturated rings. The summed E-state index contributed by atoms with van der Waals surface area (Å²) in [4.78, 5) is 0. The van der Waals surface area contributed by atoms with E-state index < -0.39 is 10.0 Å². The molecule has 0 bridgehead atoms. The van der Waals surface area contributed by atoms with Crippen LogP contribution in [-0.4, -0.2) is 21.6 Å². The van der Waals surface area contributed by atoms with Gasteiger partial charge in [0.25, 0.3) is 0 Å². The third-order valence-corrected chi connectivity index (χ3v) is 4.95. The fourth-order valence-corrected chi connectivity index (χ4v) is 3.59. The molecule has 2 aromatic carbocycles. The molecule has 0 heterocycles. The van der Waals surface area contributed by atoms with Gasteiger partial charge in [-0.3, -0.25) is 0 Å². The third kappa shape index (κ3) is 6.34. The average molecular weight is 347 g/mol. The number of aryl methyl sites for hydroxylation is 2. The summed E-state index contributed by atoms with van der Waals surface area (Å²) in [6.07, 6.45) is 2.17. The molecule has 0 aliphatic rings. The molecule has 1 N–H and O–H groups in total. The van der Waals surface area contributed by atoms with Crippen LogP contribution < -0.4 is 9.46 Å². The molecule has 130 valence electrons. The Labute approximate surface area is 144 Å². The summed E-state index contributed by atoms with van der Waals surface area (Å²) in [6, 6.07) is 15.4.